The van der Waals surface area contributed by atoms with Gasteiger partial charge >= 0.3 is 6.09 Å². The summed E-state index contributed by atoms with van der Waals surface area (Å²) in [5.41, 5.74) is 4.76. The van der Waals surface area contributed by atoms with Crippen LogP contribution < -0.4 is 10.6 Å². The highest BCUT2D eigenvalue weighted by atomic mass is 35.5. The van der Waals surface area contributed by atoms with E-state index in [4.69, 9.17) is 16.3 Å². The number of benzene rings is 2. The number of ether oxygens (including phenoxy) is 1. The summed E-state index contributed by atoms with van der Waals surface area (Å²) in [7, 11) is 0. The van der Waals surface area contributed by atoms with E-state index in [9.17, 15) is 9.59 Å². The maximum absolute atomic E-state index is 12.9. The van der Waals surface area contributed by atoms with Crippen molar-refractivity contribution in [3.8, 4) is 11.1 Å². The van der Waals surface area contributed by atoms with Crippen LogP contribution in [0.1, 0.15) is 49.1 Å². The zero-order valence-electron chi connectivity index (χ0n) is 18.6. The first-order valence-corrected chi connectivity index (χ1v) is 12.6. The first-order chi connectivity index (χ1) is 16.0. The molecular formula is C27H29ClN2O3. The molecule has 2 aromatic carbocycles. The molecule has 4 bridgehead atoms. The molecular weight excluding hydrogens is 436 g/mol. The predicted molar refractivity (Wildman–Crippen MR) is 127 cm³/mol. The monoisotopic (exact) mass is 464 g/mol. The van der Waals surface area contributed by atoms with E-state index in [1.165, 1.54) is 22.3 Å². The van der Waals surface area contributed by atoms with Crippen molar-refractivity contribution in [2.75, 3.05) is 12.5 Å². The molecule has 0 aliphatic heterocycles. The van der Waals surface area contributed by atoms with E-state index in [1.807, 2.05) is 12.1 Å². The van der Waals surface area contributed by atoms with Gasteiger partial charge in [0.15, 0.2) is 0 Å². The topological polar surface area (TPSA) is 67.4 Å². The summed E-state index contributed by atoms with van der Waals surface area (Å²) in [5.74, 6) is 1.37. The summed E-state index contributed by atoms with van der Waals surface area (Å²) in [6.07, 6.45) is 4.77. The summed E-state index contributed by atoms with van der Waals surface area (Å²) in [6, 6.07) is 16.9. The van der Waals surface area contributed by atoms with Gasteiger partial charge in [-0.2, -0.15) is 0 Å². The van der Waals surface area contributed by atoms with Crippen LogP contribution in [-0.2, 0) is 9.53 Å². The average molecular weight is 465 g/mol. The number of carbonyl (C=O) groups excluding carboxylic acids is 2. The molecule has 0 aromatic heterocycles. The quantitative estimate of drug-likeness (QED) is 0.623. The molecule has 0 spiro atoms. The van der Waals surface area contributed by atoms with Crippen LogP contribution in [0.4, 0.5) is 4.79 Å². The first kappa shape index (κ1) is 21.0. The zero-order valence-corrected chi connectivity index (χ0v) is 19.3. The highest BCUT2D eigenvalue weighted by Gasteiger charge is 2.56. The van der Waals surface area contributed by atoms with Gasteiger partial charge in [0.1, 0.15) is 12.5 Å². The van der Waals surface area contributed by atoms with Crippen molar-refractivity contribution in [1.29, 1.82) is 0 Å². The minimum absolute atomic E-state index is 0.00315. The largest absolute Gasteiger partial charge is 0.449 e. The number of nitrogens with one attached hydrogen (secondary N) is 2. The van der Waals surface area contributed by atoms with Crippen LogP contribution in [0, 0.1) is 17.8 Å². The number of alkyl halides is 1. The lowest BCUT2D eigenvalue weighted by Gasteiger charge is -2.60. The van der Waals surface area contributed by atoms with Crippen molar-refractivity contribution in [3.63, 3.8) is 0 Å². The fourth-order valence-corrected chi connectivity index (χ4v) is 7.59. The van der Waals surface area contributed by atoms with Gasteiger partial charge in [0.05, 0.1) is 0 Å². The molecule has 4 fully saturated rings. The average Bonchev–Trinajstić information content (AvgIpc) is 3.13. The molecule has 2 unspecified atom stereocenters. The second-order valence-electron chi connectivity index (χ2n) is 10.4. The second kappa shape index (κ2) is 8.05. The molecule has 7 rings (SSSR count). The number of amides is 2. The van der Waals surface area contributed by atoms with Crippen molar-refractivity contribution in [1.82, 2.24) is 10.6 Å². The minimum Gasteiger partial charge on any atom is -0.449 e. The van der Waals surface area contributed by atoms with Gasteiger partial charge < -0.3 is 15.4 Å². The number of carbonyl (C=O) groups is 2. The molecule has 5 nitrogen and oxygen atoms in total. The van der Waals surface area contributed by atoms with E-state index in [0.29, 0.717) is 24.4 Å². The third-order valence-electron chi connectivity index (χ3n) is 8.43. The standard InChI is InChI=1S/C27H29ClN2O3/c28-14-24(31)30-27-11-16-9-17(12-27)25(18(10-16)13-27)29-26(32)33-15-23-21-7-3-1-5-19(21)20-6-2-4-8-22(20)23/h1-8,16-18,23,25H,9-15H2,(H,29,32)(H,30,31). The number of hydrogen-bond acceptors (Lipinski definition) is 3. The molecule has 6 heteroatoms. The molecule has 172 valence electrons. The fourth-order valence-electron chi connectivity index (χ4n) is 7.52. The van der Waals surface area contributed by atoms with E-state index in [2.05, 4.69) is 47.0 Å². The second-order valence-corrected chi connectivity index (χ2v) is 10.7. The molecule has 5 aliphatic rings. The van der Waals surface area contributed by atoms with Crippen molar-refractivity contribution >= 4 is 23.6 Å². The molecule has 0 heterocycles. The van der Waals surface area contributed by atoms with Crippen molar-refractivity contribution in [3.05, 3.63) is 59.7 Å². The molecule has 2 amide bonds. The van der Waals surface area contributed by atoms with Crippen molar-refractivity contribution in [2.45, 2.75) is 49.6 Å². The van der Waals surface area contributed by atoms with Crippen LogP contribution in [0.2, 0.25) is 0 Å². The Labute approximate surface area is 199 Å². The van der Waals surface area contributed by atoms with Gasteiger partial charge in [-0.3, -0.25) is 4.79 Å². The Balaban J connectivity index is 1.12. The highest BCUT2D eigenvalue weighted by molar-refractivity contribution is 6.27. The Morgan fingerprint density at radius 3 is 2.15 bits per heavy atom. The van der Waals surface area contributed by atoms with Gasteiger partial charge in [-0.25, -0.2) is 4.79 Å². The zero-order chi connectivity index (χ0) is 22.6. The van der Waals surface area contributed by atoms with Crippen LogP contribution in [-0.4, -0.2) is 36.1 Å². The molecule has 0 radical (unpaired) electrons. The van der Waals surface area contributed by atoms with E-state index in [1.54, 1.807) is 0 Å². The van der Waals surface area contributed by atoms with Gasteiger partial charge in [0.2, 0.25) is 5.91 Å². The van der Waals surface area contributed by atoms with Crippen LogP contribution in [0.5, 0.6) is 0 Å². The summed E-state index contributed by atoms with van der Waals surface area (Å²) in [4.78, 5) is 24.9. The summed E-state index contributed by atoms with van der Waals surface area (Å²) < 4.78 is 5.82. The van der Waals surface area contributed by atoms with E-state index < -0.39 is 0 Å². The lowest BCUT2D eigenvalue weighted by Crippen LogP contribution is -2.66. The van der Waals surface area contributed by atoms with Crippen LogP contribution in [0.25, 0.3) is 11.1 Å². The smallest absolute Gasteiger partial charge is 0.407 e. The Morgan fingerprint density at radius 1 is 0.939 bits per heavy atom. The van der Waals surface area contributed by atoms with Gasteiger partial charge in [0, 0.05) is 17.5 Å². The molecule has 2 aromatic rings. The Hall–Kier alpha value is -2.53. The summed E-state index contributed by atoms with van der Waals surface area (Å²) >= 11 is 5.76. The molecule has 0 saturated heterocycles. The van der Waals surface area contributed by atoms with E-state index in [0.717, 1.165) is 32.1 Å². The lowest BCUT2D eigenvalue weighted by atomic mass is 9.51. The summed E-state index contributed by atoms with van der Waals surface area (Å²) in [6.45, 7) is 0.334. The molecule has 4 saturated carbocycles. The first-order valence-electron chi connectivity index (χ1n) is 12.0. The third-order valence-corrected chi connectivity index (χ3v) is 8.67. The number of fused-ring (bicyclic) bond motifs is 3. The number of hydrogen-bond donors (Lipinski definition) is 2. The predicted octanol–water partition coefficient (Wildman–Crippen LogP) is 4.83. The van der Waals surface area contributed by atoms with Crippen LogP contribution >= 0.6 is 11.6 Å². The van der Waals surface area contributed by atoms with Gasteiger partial charge in [-0.1, -0.05) is 48.5 Å². The van der Waals surface area contributed by atoms with E-state index >= 15 is 0 Å². The Morgan fingerprint density at radius 2 is 1.55 bits per heavy atom. The van der Waals surface area contributed by atoms with Crippen LogP contribution in [0.15, 0.2) is 48.5 Å². The molecule has 2 N–H and O–H groups in total. The Kier molecular flexibility index (Phi) is 5.13. The third kappa shape index (κ3) is 3.61. The van der Waals surface area contributed by atoms with Crippen molar-refractivity contribution < 1.29 is 14.3 Å². The lowest BCUT2D eigenvalue weighted by molar-refractivity contribution is -0.125. The van der Waals surface area contributed by atoms with Gasteiger partial charge in [0.25, 0.3) is 0 Å². The molecule has 5 aliphatic carbocycles. The van der Waals surface area contributed by atoms with Crippen molar-refractivity contribution in [2.24, 2.45) is 17.8 Å². The van der Waals surface area contributed by atoms with E-state index in [-0.39, 0.29) is 35.4 Å². The normalized spacial score (nSPS) is 31.1. The minimum atomic E-state index is -0.326. The number of halogens is 1. The van der Waals surface area contributed by atoms with Crippen LogP contribution in [0.3, 0.4) is 0 Å². The number of alkyl carbamates (subject to hydrolysis) is 1. The highest BCUT2D eigenvalue weighted by Crippen LogP contribution is 2.55. The van der Waals surface area contributed by atoms with Gasteiger partial charge in [-0.05, 0) is 72.1 Å². The van der Waals surface area contributed by atoms with Gasteiger partial charge in [-0.15, -0.1) is 11.6 Å². The maximum atomic E-state index is 12.9. The number of rotatable bonds is 5. The maximum Gasteiger partial charge on any atom is 0.407 e. The Bertz CT molecular complexity index is 1040. The summed E-state index contributed by atoms with van der Waals surface area (Å²) in [5, 5.41) is 6.43. The fraction of sp³-hybridized carbons (Fsp3) is 0.481. The SMILES string of the molecule is O=C(CCl)NC12CC3CC(C1)C(NC(=O)OCC1c4ccccc4-c4ccccc41)C(C3)C2. The molecule has 2 atom stereocenters. The molecule has 33 heavy (non-hydrogen) atoms.